The second kappa shape index (κ2) is 7.14. The van der Waals surface area contributed by atoms with Gasteiger partial charge in [-0.05, 0) is 31.9 Å². The number of nitrogen functional groups attached to an aromatic ring is 1. The zero-order valence-electron chi connectivity index (χ0n) is 12.4. The molecule has 5 nitrogen and oxygen atoms in total. The van der Waals surface area contributed by atoms with Gasteiger partial charge in [-0.2, -0.15) is 0 Å². The van der Waals surface area contributed by atoms with Gasteiger partial charge in [0.05, 0.1) is 18.8 Å². The van der Waals surface area contributed by atoms with Crippen molar-refractivity contribution in [1.82, 2.24) is 5.32 Å². The number of aliphatic hydroxyl groups excluding tert-OH is 1. The van der Waals surface area contributed by atoms with E-state index in [1.807, 2.05) is 20.8 Å². The van der Waals surface area contributed by atoms with E-state index in [9.17, 15) is 9.90 Å². The summed E-state index contributed by atoms with van der Waals surface area (Å²) >= 11 is 0. The first-order chi connectivity index (χ1) is 9.53. The van der Waals surface area contributed by atoms with Crippen LogP contribution in [-0.2, 0) is 0 Å². The van der Waals surface area contributed by atoms with E-state index in [0.29, 0.717) is 36.4 Å². The SMILES string of the molecule is CCOc1cccc(N)c1C(=O)NC(CC)(CC)CO. The maximum atomic E-state index is 12.5. The Bertz CT molecular complexity index is 448. The third-order valence-electron chi connectivity index (χ3n) is 3.62. The van der Waals surface area contributed by atoms with Crippen molar-refractivity contribution >= 4 is 11.6 Å². The van der Waals surface area contributed by atoms with Crippen LogP contribution < -0.4 is 15.8 Å². The van der Waals surface area contributed by atoms with Crippen LogP contribution in [0.3, 0.4) is 0 Å². The van der Waals surface area contributed by atoms with Gasteiger partial charge in [0.2, 0.25) is 0 Å². The molecule has 0 aliphatic rings. The molecule has 0 heterocycles. The standard InChI is InChI=1S/C15H24N2O3/c1-4-15(5-2,10-18)17-14(19)13-11(16)8-7-9-12(13)20-6-3/h7-9,18H,4-6,10,16H2,1-3H3,(H,17,19). The van der Waals surface area contributed by atoms with Gasteiger partial charge in [0.1, 0.15) is 11.3 Å². The lowest BCUT2D eigenvalue weighted by Crippen LogP contribution is -2.50. The maximum Gasteiger partial charge on any atom is 0.257 e. The minimum absolute atomic E-state index is 0.109. The summed E-state index contributed by atoms with van der Waals surface area (Å²) in [6, 6.07) is 5.12. The maximum absolute atomic E-state index is 12.5. The minimum Gasteiger partial charge on any atom is -0.493 e. The molecule has 0 radical (unpaired) electrons. The molecule has 0 fully saturated rings. The van der Waals surface area contributed by atoms with Gasteiger partial charge in [0.15, 0.2) is 0 Å². The predicted molar refractivity (Wildman–Crippen MR) is 79.9 cm³/mol. The molecule has 0 aromatic heterocycles. The van der Waals surface area contributed by atoms with Crippen molar-refractivity contribution in [3.8, 4) is 5.75 Å². The lowest BCUT2D eigenvalue weighted by Gasteiger charge is -2.31. The number of carbonyl (C=O) groups excluding carboxylic acids is 1. The molecule has 0 unspecified atom stereocenters. The molecular formula is C15H24N2O3. The van der Waals surface area contributed by atoms with Gasteiger partial charge in [0.25, 0.3) is 5.91 Å². The lowest BCUT2D eigenvalue weighted by atomic mass is 9.93. The molecule has 0 atom stereocenters. The summed E-state index contributed by atoms with van der Waals surface area (Å²) in [6.07, 6.45) is 1.28. The first-order valence-corrected chi connectivity index (χ1v) is 6.98. The van der Waals surface area contributed by atoms with Crippen LogP contribution in [0.2, 0.25) is 0 Å². The number of nitrogens with one attached hydrogen (secondary N) is 1. The highest BCUT2D eigenvalue weighted by Gasteiger charge is 2.29. The van der Waals surface area contributed by atoms with E-state index in [1.54, 1.807) is 18.2 Å². The Morgan fingerprint density at radius 3 is 2.50 bits per heavy atom. The topological polar surface area (TPSA) is 84.6 Å². The molecule has 5 heteroatoms. The second-order valence-electron chi connectivity index (χ2n) is 4.75. The monoisotopic (exact) mass is 280 g/mol. The van der Waals surface area contributed by atoms with Gasteiger partial charge < -0.3 is 20.9 Å². The summed E-state index contributed by atoms with van der Waals surface area (Å²) in [4.78, 5) is 12.5. The summed E-state index contributed by atoms with van der Waals surface area (Å²) in [5.74, 6) is 0.147. The Morgan fingerprint density at radius 1 is 1.35 bits per heavy atom. The first kappa shape index (κ1) is 16.3. The summed E-state index contributed by atoms with van der Waals surface area (Å²) in [7, 11) is 0. The average molecular weight is 280 g/mol. The fourth-order valence-corrected chi connectivity index (χ4v) is 2.06. The number of rotatable bonds is 7. The van der Waals surface area contributed by atoms with Crippen molar-refractivity contribution in [2.24, 2.45) is 0 Å². The second-order valence-corrected chi connectivity index (χ2v) is 4.75. The van der Waals surface area contributed by atoms with Crippen LogP contribution in [0.15, 0.2) is 18.2 Å². The van der Waals surface area contributed by atoms with Crippen molar-refractivity contribution < 1.29 is 14.6 Å². The van der Waals surface area contributed by atoms with Crippen molar-refractivity contribution in [3.63, 3.8) is 0 Å². The fourth-order valence-electron chi connectivity index (χ4n) is 2.06. The van der Waals surface area contributed by atoms with Gasteiger partial charge in [0, 0.05) is 5.69 Å². The third kappa shape index (κ3) is 3.42. The van der Waals surface area contributed by atoms with Crippen molar-refractivity contribution in [3.05, 3.63) is 23.8 Å². The minimum atomic E-state index is -0.622. The summed E-state index contributed by atoms with van der Waals surface area (Å²) < 4.78 is 5.45. The highest BCUT2D eigenvalue weighted by atomic mass is 16.5. The highest BCUT2D eigenvalue weighted by Crippen LogP contribution is 2.26. The highest BCUT2D eigenvalue weighted by molar-refractivity contribution is 6.02. The van der Waals surface area contributed by atoms with Crippen LogP contribution in [0.25, 0.3) is 0 Å². The predicted octanol–water partition coefficient (Wildman–Crippen LogP) is 1.95. The third-order valence-corrected chi connectivity index (χ3v) is 3.62. The normalized spacial score (nSPS) is 11.2. The molecule has 20 heavy (non-hydrogen) atoms. The van der Waals surface area contributed by atoms with Gasteiger partial charge in [-0.1, -0.05) is 19.9 Å². The number of amides is 1. The molecule has 0 aliphatic heterocycles. The number of hydrogen-bond donors (Lipinski definition) is 3. The molecule has 1 aromatic rings. The number of ether oxygens (including phenoxy) is 1. The molecule has 4 N–H and O–H groups in total. The number of aliphatic hydroxyl groups is 1. The largest absolute Gasteiger partial charge is 0.493 e. The Labute approximate surface area is 120 Å². The summed E-state index contributed by atoms with van der Waals surface area (Å²) in [6.45, 7) is 6.05. The van der Waals surface area contributed by atoms with Crippen LogP contribution in [0.4, 0.5) is 5.69 Å². The molecule has 0 aliphatic carbocycles. The number of benzene rings is 1. The Balaban J connectivity index is 3.08. The molecule has 0 spiro atoms. The fraction of sp³-hybridized carbons (Fsp3) is 0.533. The van der Waals surface area contributed by atoms with E-state index in [4.69, 9.17) is 10.5 Å². The van der Waals surface area contributed by atoms with E-state index < -0.39 is 5.54 Å². The zero-order valence-corrected chi connectivity index (χ0v) is 12.4. The first-order valence-electron chi connectivity index (χ1n) is 6.98. The van der Waals surface area contributed by atoms with Crippen LogP contribution in [0.5, 0.6) is 5.75 Å². The van der Waals surface area contributed by atoms with E-state index in [2.05, 4.69) is 5.32 Å². The number of nitrogens with two attached hydrogens (primary N) is 1. The average Bonchev–Trinajstić information content (AvgIpc) is 2.45. The summed E-state index contributed by atoms with van der Waals surface area (Å²) in [5.41, 5.74) is 5.97. The van der Waals surface area contributed by atoms with E-state index in [1.165, 1.54) is 0 Å². The molecule has 0 saturated heterocycles. The van der Waals surface area contributed by atoms with E-state index >= 15 is 0 Å². The lowest BCUT2D eigenvalue weighted by molar-refractivity contribution is 0.0815. The van der Waals surface area contributed by atoms with E-state index in [-0.39, 0.29) is 12.5 Å². The Kier molecular flexibility index (Phi) is 5.82. The van der Waals surface area contributed by atoms with Crippen molar-refractivity contribution in [2.75, 3.05) is 18.9 Å². The smallest absolute Gasteiger partial charge is 0.257 e. The van der Waals surface area contributed by atoms with Gasteiger partial charge in [-0.15, -0.1) is 0 Å². The Morgan fingerprint density at radius 2 is 2.00 bits per heavy atom. The Hall–Kier alpha value is -1.75. The molecular weight excluding hydrogens is 256 g/mol. The van der Waals surface area contributed by atoms with Gasteiger partial charge >= 0.3 is 0 Å². The quantitative estimate of drug-likeness (QED) is 0.666. The number of anilines is 1. The van der Waals surface area contributed by atoms with Crippen LogP contribution in [0, 0.1) is 0 Å². The van der Waals surface area contributed by atoms with Crippen LogP contribution in [0.1, 0.15) is 44.0 Å². The molecule has 0 bridgehead atoms. The zero-order chi connectivity index (χ0) is 15.2. The van der Waals surface area contributed by atoms with Gasteiger partial charge in [-0.3, -0.25) is 4.79 Å². The number of hydrogen-bond acceptors (Lipinski definition) is 4. The molecule has 1 rings (SSSR count). The molecule has 1 aromatic carbocycles. The molecule has 1 amide bonds. The van der Waals surface area contributed by atoms with Crippen LogP contribution in [-0.4, -0.2) is 29.8 Å². The van der Waals surface area contributed by atoms with Crippen LogP contribution >= 0.6 is 0 Å². The number of carbonyl (C=O) groups is 1. The van der Waals surface area contributed by atoms with Gasteiger partial charge in [-0.25, -0.2) is 0 Å². The van der Waals surface area contributed by atoms with Crippen molar-refractivity contribution in [1.29, 1.82) is 0 Å². The molecule has 112 valence electrons. The van der Waals surface area contributed by atoms with E-state index in [0.717, 1.165) is 0 Å². The van der Waals surface area contributed by atoms with Crippen molar-refractivity contribution in [2.45, 2.75) is 39.2 Å². The summed E-state index contributed by atoms with van der Waals surface area (Å²) in [5, 5.41) is 12.4. The molecule has 0 saturated carbocycles.